The Kier molecular flexibility index (Phi) is 26.3. The molecule has 0 fully saturated rings. The van der Waals surface area contributed by atoms with Crippen LogP contribution in [0.2, 0.25) is 10.6 Å². The van der Waals surface area contributed by atoms with Crippen LogP contribution in [-0.4, -0.2) is 122 Å². The number of carbonyl (C=O) groups excluding carboxylic acids is 2. The number of hydrogen-bond donors (Lipinski definition) is 8. The van der Waals surface area contributed by atoms with Crippen LogP contribution in [0, 0.1) is 0 Å². The zero-order chi connectivity index (χ0) is 68.7. The minimum absolute atomic E-state index is 0. The van der Waals surface area contributed by atoms with Crippen molar-refractivity contribution in [1.29, 1.82) is 0 Å². The van der Waals surface area contributed by atoms with Crippen molar-refractivity contribution >= 4 is 131 Å². The van der Waals surface area contributed by atoms with Crippen LogP contribution in [0.25, 0.3) is 11.4 Å². The number of hydrogen-bond acceptors (Lipinski definition) is 28. The predicted octanol–water partition coefficient (Wildman–Crippen LogP) is -10.1. The molecule has 10 aromatic rings. The maximum atomic E-state index is 14.2. The number of rotatable bonds is 18. The second kappa shape index (κ2) is 32.2. The van der Waals surface area contributed by atoms with Gasteiger partial charge in [-0.05, 0) is 145 Å². The van der Waals surface area contributed by atoms with Crippen LogP contribution in [0.3, 0.4) is 0 Å². The largest absolute Gasteiger partial charge is 1.00 e. The summed E-state index contributed by atoms with van der Waals surface area (Å²) in [6, 6.07) is 23.4. The van der Waals surface area contributed by atoms with Gasteiger partial charge in [-0.15, -0.1) is 20.5 Å². The fourth-order valence-corrected chi connectivity index (χ4v) is 12.0. The van der Waals surface area contributed by atoms with E-state index in [1.807, 2.05) is 0 Å². The van der Waals surface area contributed by atoms with Gasteiger partial charge in [0.05, 0.1) is 65.6 Å². The van der Waals surface area contributed by atoms with Crippen molar-refractivity contribution in [3.05, 3.63) is 178 Å². The maximum Gasteiger partial charge on any atom is 1.00 e. The Hall–Kier alpha value is -7.13. The second-order valence-corrected chi connectivity index (χ2v) is 26.9. The summed E-state index contributed by atoms with van der Waals surface area (Å²) in [6.45, 7) is 0. The van der Waals surface area contributed by atoms with E-state index in [1.54, 1.807) is 0 Å². The van der Waals surface area contributed by atoms with Gasteiger partial charge in [0.15, 0.2) is 0 Å². The van der Waals surface area contributed by atoms with Crippen molar-refractivity contribution in [2.75, 3.05) is 0 Å². The van der Waals surface area contributed by atoms with E-state index in [4.69, 9.17) is 23.2 Å². The van der Waals surface area contributed by atoms with Gasteiger partial charge in [-0.2, -0.15) is 53.8 Å². The molecule has 0 amide bonds. The first-order valence-corrected chi connectivity index (χ1v) is 33.2. The molecule has 38 nitrogen and oxygen atoms in total. The number of H-pyrrole nitrogens is 4. The van der Waals surface area contributed by atoms with E-state index >= 15 is 0 Å². The molecular weight excluding hydrogens is 1500 g/mol. The van der Waals surface area contributed by atoms with E-state index in [-0.39, 0.29) is 195 Å². The number of aromatic nitrogens is 10. The van der Waals surface area contributed by atoms with Crippen molar-refractivity contribution in [1.82, 2.24) is 49.5 Å². The van der Waals surface area contributed by atoms with Crippen LogP contribution in [-0.2, 0) is 50.3 Å². The number of aromatic carboxylic acids is 2. The molecule has 49 heteroatoms. The summed E-state index contributed by atoms with van der Waals surface area (Å²) in [5.74, 6) is -6.61. The number of benzene rings is 6. The van der Waals surface area contributed by atoms with Crippen molar-refractivity contribution in [3.8, 4) is 23.1 Å². The van der Waals surface area contributed by atoms with Crippen LogP contribution in [0.15, 0.2) is 203 Å². The first-order chi connectivity index (χ1) is 44.6. The van der Waals surface area contributed by atoms with Gasteiger partial charge in [0.2, 0.25) is 42.9 Å². The molecule has 6 aromatic carbocycles. The van der Waals surface area contributed by atoms with Gasteiger partial charge in [-0.25, -0.2) is 37.8 Å². The molecular formula is C50H30Cl2N18Na4O20S5. The summed E-state index contributed by atoms with van der Waals surface area (Å²) in [4.78, 5) is 56.3. The quantitative estimate of drug-likeness (QED) is 0.0225. The molecule has 0 atom stereocenters. The zero-order valence-corrected chi connectivity index (χ0v) is 63.7. The van der Waals surface area contributed by atoms with E-state index < -0.39 is 128 Å². The SMILES string of the molecule is O=C([O-])c1nn(-c2ccc(S(=O)(=O)O)cc2)c([O-])c1N=Nc1cc(N=c2[nH]c(Cl)nc(=Nc3cccc(S(=O)(=O)c4cccc(N=c5nc(Cl)[nH]c(=Nc6ccc(S(=O)(=O)O)c(N=Nc7c(C(=O)[O-])nn(-c8ccc(S(=O)(=O)O)cc8)c7[O-])c6)[nH]5)c4)c3)[nH]2)ccc1S(=O)(=O)O.[Na+].[Na+].[Na+].[Na+]. The van der Waals surface area contributed by atoms with Crippen LogP contribution in [0.1, 0.15) is 21.0 Å². The van der Waals surface area contributed by atoms with E-state index in [0.29, 0.717) is 9.36 Å². The van der Waals surface area contributed by atoms with E-state index in [2.05, 4.69) is 80.5 Å². The van der Waals surface area contributed by atoms with Gasteiger partial charge in [0, 0.05) is 11.8 Å². The third-order valence-corrected chi connectivity index (χ3v) is 17.9. The van der Waals surface area contributed by atoms with Crippen molar-refractivity contribution in [2.24, 2.45) is 40.4 Å². The minimum Gasteiger partial charge on any atom is -0.857 e. The number of halogens is 2. The number of aromatic amines is 4. The zero-order valence-electron chi connectivity index (χ0n) is 50.1. The van der Waals surface area contributed by atoms with Crippen molar-refractivity contribution < 1.29 is 209 Å². The second-order valence-electron chi connectivity index (χ2n) is 18.6. The Morgan fingerprint density at radius 1 is 0.424 bits per heavy atom. The monoisotopic (exact) mass is 1520 g/mol. The standard InChI is InChI=1S/C50H34Cl2N18O20S5.4Na/c51-45-57-47(61-49(59-45)55-25-7-17-35(94(85,86)87)33(21-25)63-65-37-39(43(73)74)67-69(41(37)71)27-9-13-29(14-10-27)92(79,80)81)53-23-3-1-5-31(19-23)91(77,78)32-6-2-4-24(20-32)54-48-58-46(52)60-50(62-48)56-26-8-18-36(95(88,89)90)34(22-26)64-66-38-40(44(75)76)68-70(42(38)72)28-11-15-30(16-12-28)93(82,83)84;;;;/h1-22,71-72H,(H,73,74)(H,75,76)(H,79,80,81)(H,82,83,84)(H,85,86,87)(H,88,89,90)(H2,53,55,57,59,61)(H2,54,56,58,60,62);;;;/q;4*+1/p-4. The molecule has 10 rings (SSSR count). The maximum absolute atomic E-state index is 14.2. The Balaban J connectivity index is 0.00000386. The molecule has 4 aromatic heterocycles. The molecule has 0 saturated carbocycles. The molecule has 488 valence electrons. The topological polar surface area (TPSA) is 601 Å². The average molecular weight is 1530 g/mol. The van der Waals surface area contributed by atoms with Crippen LogP contribution >= 0.6 is 23.2 Å². The van der Waals surface area contributed by atoms with E-state index in [0.717, 1.165) is 97.1 Å². The van der Waals surface area contributed by atoms with Crippen LogP contribution < -0.4 is 161 Å². The Morgan fingerprint density at radius 3 is 1.09 bits per heavy atom. The Bertz CT molecular complexity index is 5510. The van der Waals surface area contributed by atoms with Gasteiger partial charge >= 0.3 is 118 Å². The molecule has 0 bridgehead atoms. The Labute approximate surface area is 652 Å². The summed E-state index contributed by atoms with van der Waals surface area (Å²) in [5.41, 5.74) is -7.51. The van der Waals surface area contributed by atoms with E-state index in [1.165, 1.54) is 36.4 Å². The first kappa shape index (κ1) is 80.8. The molecule has 0 unspecified atom stereocenters. The third-order valence-electron chi connectivity index (χ3n) is 12.3. The van der Waals surface area contributed by atoms with Crippen LogP contribution in [0.5, 0.6) is 11.8 Å². The number of nitrogens with zero attached hydrogens (tertiary/aromatic N) is 14. The normalized spacial score (nSPS) is 12.8. The van der Waals surface area contributed by atoms with Gasteiger partial charge in [0.1, 0.15) is 43.9 Å². The van der Waals surface area contributed by atoms with Gasteiger partial charge in [-0.1, -0.05) is 12.1 Å². The number of carboxylic acid groups (broad SMARTS) is 2. The summed E-state index contributed by atoms with van der Waals surface area (Å²) in [5, 5.41) is 71.9. The minimum atomic E-state index is -5.11. The number of nitrogens with one attached hydrogen (secondary N) is 4. The predicted molar refractivity (Wildman–Crippen MR) is 310 cm³/mol. The summed E-state index contributed by atoms with van der Waals surface area (Å²) < 4.78 is 164. The molecule has 99 heavy (non-hydrogen) atoms. The molecule has 0 saturated heterocycles. The Morgan fingerprint density at radius 2 is 0.768 bits per heavy atom. The number of carboxylic acids is 2. The van der Waals surface area contributed by atoms with Crippen LogP contribution in [0.4, 0.5) is 45.5 Å². The summed E-state index contributed by atoms with van der Waals surface area (Å²) in [7, 11) is -24.0. The molecule has 8 N–H and O–H groups in total. The van der Waals surface area contributed by atoms with E-state index in [9.17, 15) is 90.3 Å². The summed E-state index contributed by atoms with van der Waals surface area (Å²) in [6.07, 6.45) is 0. The molecule has 4 heterocycles. The van der Waals surface area contributed by atoms with Gasteiger partial charge in [-0.3, -0.25) is 28.2 Å². The molecule has 0 aliphatic rings. The molecule has 0 aliphatic heterocycles. The van der Waals surface area contributed by atoms with Crippen molar-refractivity contribution in [3.63, 3.8) is 0 Å². The third kappa shape index (κ3) is 19.3. The number of sulfone groups is 1. The fourth-order valence-electron chi connectivity index (χ4n) is 8.13. The van der Waals surface area contributed by atoms with Crippen molar-refractivity contribution in [2.45, 2.75) is 29.4 Å². The smallest absolute Gasteiger partial charge is 0.857 e. The first-order valence-electron chi connectivity index (χ1n) is 25.2. The number of azo groups is 2. The molecule has 0 aliphatic carbocycles. The molecule has 0 radical (unpaired) electrons. The summed E-state index contributed by atoms with van der Waals surface area (Å²) >= 11 is 12.5. The fraction of sp³-hybridized carbons (Fsp3) is 0. The van der Waals surface area contributed by atoms with Gasteiger partial charge in [0.25, 0.3) is 40.5 Å². The molecule has 0 spiro atoms. The number of carbonyl (C=O) groups is 2. The van der Waals surface area contributed by atoms with Gasteiger partial charge < -0.3 is 40.0 Å². The average Bonchev–Trinajstić information content (AvgIpc) is 1.76.